The molecule has 2 saturated heterocycles. The number of piperidine rings is 1. The second kappa shape index (κ2) is 8.69. The van der Waals surface area contributed by atoms with Crippen molar-refractivity contribution in [1.82, 2.24) is 5.32 Å². The van der Waals surface area contributed by atoms with E-state index in [9.17, 15) is 18.0 Å². The number of esters is 1. The highest BCUT2D eigenvalue weighted by atomic mass is 19.4. The molecule has 2 fully saturated rings. The number of carbonyl (C=O) groups excluding carboxylic acids is 1. The van der Waals surface area contributed by atoms with Gasteiger partial charge in [0.1, 0.15) is 0 Å². The summed E-state index contributed by atoms with van der Waals surface area (Å²) in [5.74, 6) is -0.343. The standard InChI is InChI=1S/C20H27F3N2O3/c1-27-12-17-15(5-8-24-17)16-4-3-14(20(21,22)23)11-18(16)25-9-6-13(7-10-25)19(26)28-2/h3-4,11,13,15,17,24H,5-10,12H2,1-2H3. The highest BCUT2D eigenvalue weighted by Gasteiger charge is 2.36. The molecule has 2 aliphatic heterocycles. The number of hydrogen-bond donors (Lipinski definition) is 1. The molecule has 0 aliphatic carbocycles. The first kappa shape index (κ1) is 20.9. The van der Waals surface area contributed by atoms with E-state index in [4.69, 9.17) is 9.47 Å². The predicted molar refractivity (Wildman–Crippen MR) is 99.4 cm³/mol. The van der Waals surface area contributed by atoms with Crippen LogP contribution < -0.4 is 10.2 Å². The van der Waals surface area contributed by atoms with Crippen LogP contribution in [0.5, 0.6) is 0 Å². The number of nitrogens with one attached hydrogen (secondary N) is 1. The molecule has 0 bridgehead atoms. The summed E-state index contributed by atoms with van der Waals surface area (Å²) in [5, 5.41) is 3.38. The minimum absolute atomic E-state index is 0.0769. The monoisotopic (exact) mass is 400 g/mol. The second-order valence-electron chi connectivity index (χ2n) is 7.47. The van der Waals surface area contributed by atoms with Gasteiger partial charge in [0.25, 0.3) is 0 Å². The summed E-state index contributed by atoms with van der Waals surface area (Å²) in [7, 11) is 2.99. The molecule has 8 heteroatoms. The maximum Gasteiger partial charge on any atom is 0.416 e. The first-order valence-electron chi connectivity index (χ1n) is 9.61. The number of hydrogen-bond acceptors (Lipinski definition) is 5. The number of ether oxygens (including phenoxy) is 2. The number of halogens is 3. The van der Waals surface area contributed by atoms with E-state index < -0.39 is 11.7 Å². The summed E-state index contributed by atoms with van der Waals surface area (Å²) < 4.78 is 50.1. The Balaban J connectivity index is 1.90. The molecular weight excluding hydrogens is 373 g/mol. The fraction of sp³-hybridized carbons (Fsp3) is 0.650. The summed E-state index contributed by atoms with van der Waals surface area (Å²) >= 11 is 0. The Hall–Kier alpha value is -1.80. The van der Waals surface area contributed by atoms with Crippen molar-refractivity contribution in [3.63, 3.8) is 0 Å². The van der Waals surface area contributed by atoms with Gasteiger partial charge in [0, 0.05) is 37.8 Å². The molecule has 5 nitrogen and oxygen atoms in total. The molecule has 2 aliphatic rings. The van der Waals surface area contributed by atoms with Crippen molar-refractivity contribution >= 4 is 11.7 Å². The third-order valence-electron chi connectivity index (χ3n) is 5.82. The van der Waals surface area contributed by atoms with E-state index in [-0.39, 0.29) is 23.8 Å². The van der Waals surface area contributed by atoms with E-state index >= 15 is 0 Å². The van der Waals surface area contributed by atoms with Crippen molar-refractivity contribution in [1.29, 1.82) is 0 Å². The molecule has 0 spiro atoms. The molecule has 2 heterocycles. The highest BCUT2D eigenvalue weighted by Crippen LogP contribution is 2.40. The number of nitrogens with zero attached hydrogens (tertiary/aromatic N) is 1. The van der Waals surface area contributed by atoms with Crippen LogP contribution in [-0.2, 0) is 20.4 Å². The lowest BCUT2D eigenvalue weighted by Gasteiger charge is -2.35. The third-order valence-corrected chi connectivity index (χ3v) is 5.82. The van der Waals surface area contributed by atoms with Gasteiger partial charge in [0.05, 0.1) is 25.2 Å². The summed E-state index contributed by atoms with van der Waals surface area (Å²) in [6.45, 7) is 2.38. The molecule has 156 valence electrons. The van der Waals surface area contributed by atoms with E-state index in [0.29, 0.717) is 38.2 Å². The van der Waals surface area contributed by atoms with Crippen molar-refractivity contribution < 1.29 is 27.4 Å². The maximum atomic E-state index is 13.3. The lowest BCUT2D eigenvalue weighted by atomic mass is 9.88. The highest BCUT2D eigenvalue weighted by molar-refractivity contribution is 5.73. The molecule has 2 unspecified atom stereocenters. The molecule has 1 aromatic rings. The Labute approximate surface area is 163 Å². The Morgan fingerprint density at radius 2 is 1.93 bits per heavy atom. The number of alkyl halides is 3. The van der Waals surface area contributed by atoms with Crippen LogP contribution in [0.25, 0.3) is 0 Å². The van der Waals surface area contributed by atoms with Gasteiger partial charge in [-0.25, -0.2) is 0 Å². The molecule has 3 rings (SSSR count). The Bertz CT molecular complexity index is 688. The van der Waals surface area contributed by atoms with Gasteiger partial charge in [-0.05, 0) is 43.5 Å². The Morgan fingerprint density at radius 3 is 2.54 bits per heavy atom. The lowest BCUT2D eigenvalue weighted by molar-refractivity contribution is -0.146. The zero-order valence-electron chi connectivity index (χ0n) is 16.2. The van der Waals surface area contributed by atoms with E-state index in [0.717, 1.165) is 18.5 Å². The second-order valence-corrected chi connectivity index (χ2v) is 7.47. The molecule has 1 aromatic carbocycles. The average molecular weight is 400 g/mol. The van der Waals surface area contributed by atoms with E-state index in [1.54, 1.807) is 13.2 Å². The molecule has 0 aromatic heterocycles. The van der Waals surface area contributed by atoms with Crippen LogP contribution in [0.15, 0.2) is 18.2 Å². The summed E-state index contributed by atoms with van der Waals surface area (Å²) in [4.78, 5) is 13.8. The van der Waals surface area contributed by atoms with Gasteiger partial charge in [-0.15, -0.1) is 0 Å². The van der Waals surface area contributed by atoms with Crippen LogP contribution in [-0.4, -0.2) is 52.5 Å². The van der Waals surface area contributed by atoms with E-state index in [1.807, 2.05) is 4.90 Å². The van der Waals surface area contributed by atoms with Crippen molar-refractivity contribution in [2.75, 3.05) is 45.4 Å². The number of rotatable bonds is 5. The summed E-state index contributed by atoms with van der Waals surface area (Å²) in [6.07, 6.45) is -2.39. The molecule has 0 radical (unpaired) electrons. The molecular formula is C20H27F3N2O3. The smallest absolute Gasteiger partial charge is 0.416 e. The topological polar surface area (TPSA) is 50.8 Å². The summed E-state index contributed by atoms with van der Waals surface area (Å²) in [5.41, 5.74) is 0.889. The number of anilines is 1. The van der Waals surface area contributed by atoms with Gasteiger partial charge in [-0.2, -0.15) is 13.2 Å². The SMILES string of the molecule is COCC1NCCC1c1ccc(C(F)(F)F)cc1N1CCC(C(=O)OC)CC1. The maximum absolute atomic E-state index is 13.3. The van der Waals surface area contributed by atoms with Crippen molar-refractivity contribution in [2.45, 2.75) is 37.4 Å². The first-order chi connectivity index (χ1) is 13.3. The third kappa shape index (κ3) is 4.43. The number of methoxy groups -OCH3 is 2. The largest absolute Gasteiger partial charge is 0.469 e. The van der Waals surface area contributed by atoms with Crippen LogP contribution in [0.2, 0.25) is 0 Å². The number of carbonyl (C=O) groups is 1. The lowest BCUT2D eigenvalue weighted by Crippen LogP contribution is -2.38. The molecule has 0 saturated carbocycles. The van der Waals surface area contributed by atoms with Crippen molar-refractivity contribution in [2.24, 2.45) is 5.92 Å². The molecule has 1 N–H and O–H groups in total. The van der Waals surface area contributed by atoms with Gasteiger partial charge < -0.3 is 19.7 Å². The van der Waals surface area contributed by atoms with Gasteiger partial charge in [0.2, 0.25) is 0 Å². The number of benzene rings is 1. The van der Waals surface area contributed by atoms with Gasteiger partial charge in [-0.1, -0.05) is 6.07 Å². The van der Waals surface area contributed by atoms with Crippen LogP contribution in [0, 0.1) is 5.92 Å². The molecule has 0 amide bonds. The van der Waals surface area contributed by atoms with Crippen LogP contribution >= 0.6 is 0 Å². The minimum atomic E-state index is -4.39. The normalized spacial score (nSPS) is 23.8. The van der Waals surface area contributed by atoms with Crippen LogP contribution in [0.1, 0.15) is 36.3 Å². The van der Waals surface area contributed by atoms with E-state index in [1.165, 1.54) is 19.2 Å². The van der Waals surface area contributed by atoms with Crippen LogP contribution in [0.3, 0.4) is 0 Å². The Morgan fingerprint density at radius 1 is 1.21 bits per heavy atom. The Kier molecular flexibility index (Phi) is 6.50. The minimum Gasteiger partial charge on any atom is -0.469 e. The fourth-order valence-corrected chi connectivity index (χ4v) is 4.32. The average Bonchev–Trinajstić information content (AvgIpc) is 3.14. The fourth-order valence-electron chi connectivity index (χ4n) is 4.32. The van der Waals surface area contributed by atoms with E-state index in [2.05, 4.69) is 5.32 Å². The quantitative estimate of drug-likeness (QED) is 0.770. The zero-order valence-corrected chi connectivity index (χ0v) is 16.2. The summed E-state index contributed by atoms with van der Waals surface area (Å²) in [6, 6.07) is 4.12. The van der Waals surface area contributed by atoms with Gasteiger partial charge in [0.15, 0.2) is 0 Å². The molecule has 28 heavy (non-hydrogen) atoms. The zero-order chi connectivity index (χ0) is 20.3. The first-order valence-corrected chi connectivity index (χ1v) is 9.61. The van der Waals surface area contributed by atoms with Crippen LogP contribution in [0.4, 0.5) is 18.9 Å². The van der Waals surface area contributed by atoms with Crippen molar-refractivity contribution in [3.8, 4) is 0 Å². The van der Waals surface area contributed by atoms with Gasteiger partial charge >= 0.3 is 12.1 Å². The molecule has 2 atom stereocenters. The van der Waals surface area contributed by atoms with Crippen molar-refractivity contribution in [3.05, 3.63) is 29.3 Å². The van der Waals surface area contributed by atoms with Gasteiger partial charge in [-0.3, -0.25) is 4.79 Å². The predicted octanol–water partition coefficient (Wildman–Crippen LogP) is 3.19.